The maximum atomic E-state index is 12.2. The average molecular weight is 338 g/mol. The number of benzene rings is 1. The first-order chi connectivity index (χ1) is 11.3. The summed E-state index contributed by atoms with van der Waals surface area (Å²) in [6.07, 6.45) is -2.90. The Kier molecular flexibility index (Phi) is 5.78. The van der Waals surface area contributed by atoms with Crippen molar-refractivity contribution in [3.05, 3.63) is 59.3 Å². The fourth-order valence-electron chi connectivity index (χ4n) is 2.08. The lowest BCUT2D eigenvalue weighted by molar-refractivity contribution is -0.154. The molecule has 0 atom stereocenters. The van der Waals surface area contributed by atoms with E-state index < -0.39 is 12.8 Å². The number of rotatable bonds is 6. The second-order valence-corrected chi connectivity index (χ2v) is 5.25. The van der Waals surface area contributed by atoms with Crippen LogP contribution in [0.1, 0.15) is 16.7 Å². The Hall–Kier alpha value is -2.57. The number of amides is 1. The van der Waals surface area contributed by atoms with E-state index in [-0.39, 0.29) is 24.8 Å². The van der Waals surface area contributed by atoms with Crippen LogP contribution in [-0.2, 0) is 17.8 Å². The largest absolute Gasteiger partial charge is 0.468 e. The number of hydrogen-bond acceptors (Lipinski definition) is 3. The molecule has 0 aliphatic rings. The van der Waals surface area contributed by atoms with Gasteiger partial charge in [-0.05, 0) is 24.1 Å². The maximum Gasteiger partial charge on any atom is 0.422 e. The summed E-state index contributed by atoms with van der Waals surface area (Å²) in [6, 6.07) is 10.6. The summed E-state index contributed by atoms with van der Waals surface area (Å²) in [7, 11) is 0. The van der Waals surface area contributed by atoms with Crippen molar-refractivity contribution in [3.8, 4) is 5.88 Å². The van der Waals surface area contributed by atoms with Gasteiger partial charge in [0.2, 0.25) is 11.8 Å². The molecule has 1 N–H and O–H groups in total. The molecule has 128 valence electrons. The number of nitrogens with one attached hydrogen (secondary N) is 1. The van der Waals surface area contributed by atoms with Gasteiger partial charge in [0.1, 0.15) is 0 Å². The second kappa shape index (κ2) is 7.81. The summed E-state index contributed by atoms with van der Waals surface area (Å²) in [4.78, 5) is 15.8. The monoisotopic (exact) mass is 338 g/mol. The quantitative estimate of drug-likeness (QED) is 0.880. The summed E-state index contributed by atoms with van der Waals surface area (Å²) < 4.78 is 41.4. The minimum atomic E-state index is -4.44. The second-order valence-electron chi connectivity index (χ2n) is 5.25. The van der Waals surface area contributed by atoms with Crippen LogP contribution in [0.5, 0.6) is 5.88 Å². The third kappa shape index (κ3) is 5.57. The molecule has 0 unspecified atom stereocenters. The highest BCUT2D eigenvalue weighted by molar-refractivity contribution is 5.78. The van der Waals surface area contributed by atoms with Gasteiger partial charge in [-0.15, -0.1) is 0 Å². The van der Waals surface area contributed by atoms with Crippen molar-refractivity contribution in [2.24, 2.45) is 0 Å². The smallest absolute Gasteiger partial charge is 0.422 e. The van der Waals surface area contributed by atoms with E-state index >= 15 is 0 Å². The van der Waals surface area contributed by atoms with Crippen molar-refractivity contribution in [3.63, 3.8) is 0 Å². The summed E-state index contributed by atoms with van der Waals surface area (Å²) in [6.45, 7) is 0.534. The van der Waals surface area contributed by atoms with Crippen LogP contribution in [0.25, 0.3) is 0 Å². The standard InChI is InChI=1S/C17H17F3N2O2/c1-12-5-2-3-6-13(12)9-15(23)22-10-14-7-4-8-21-16(14)24-11-17(18,19)20/h2-8H,9-11H2,1H3,(H,22,23). The number of carbonyl (C=O) groups excluding carboxylic acids is 1. The minimum absolute atomic E-state index is 0.0474. The molecule has 1 aromatic carbocycles. The normalized spacial score (nSPS) is 11.2. The molecule has 0 aliphatic heterocycles. The van der Waals surface area contributed by atoms with Crippen LogP contribution < -0.4 is 10.1 Å². The first kappa shape index (κ1) is 17.8. The molecule has 2 aromatic rings. The molecular weight excluding hydrogens is 321 g/mol. The van der Waals surface area contributed by atoms with Gasteiger partial charge in [-0.1, -0.05) is 30.3 Å². The van der Waals surface area contributed by atoms with E-state index in [0.717, 1.165) is 11.1 Å². The van der Waals surface area contributed by atoms with Crippen molar-refractivity contribution < 1.29 is 22.7 Å². The highest BCUT2D eigenvalue weighted by Gasteiger charge is 2.29. The number of pyridine rings is 1. The van der Waals surface area contributed by atoms with E-state index in [1.165, 1.54) is 6.20 Å². The molecule has 0 radical (unpaired) electrons. The Morgan fingerprint density at radius 3 is 2.58 bits per heavy atom. The first-order valence-corrected chi connectivity index (χ1v) is 7.30. The SMILES string of the molecule is Cc1ccccc1CC(=O)NCc1cccnc1OCC(F)(F)F. The van der Waals surface area contributed by atoms with Crippen LogP contribution in [0, 0.1) is 6.92 Å². The first-order valence-electron chi connectivity index (χ1n) is 7.30. The Morgan fingerprint density at radius 1 is 1.17 bits per heavy atom. The molecule has 0 fully saturated rings. The van der Waals surface area contributed by atoms with Gasteiger partial charge in [0.25, 0.3) is 0 Å². The molecule has 1 heterocycles. The molecule has 7 heteroatoms. The number of alkyl halides is 3. The van der Waals surface area contributed by atoms with Gasteiger partial charge in [-0.25, -0.2) is 4.98 Å². The van der Waals surface area contributed by atoms with Crippen LogP contribution in [0.4, 0.5) is 13.2 Å². The number of carbonyl (C=O) groups is 1. The van der Waals surface area contributed by atoms with E-state index in [1.807, 2.05) is 31.2 Å². The van der Waals surface area contributed by atoms with Gasteiger partial charge in [0.05, 0.1) is 6.42 Å². The van der Waals surface area contributed by atoms with Crippen molar-refractivity contribution in [2.45, 2.75) is 26.1 Å². The van der Waals surface area contributed by atoms with Crippen LogP contribution in [0.3, 0.4) is 0 Å². The van der Waals surface area contributed by atoms with Crippen molar-refractivity contribution in [1.29, 1.82) is 0 Å². The van der Waals surface area contributed by atoms with Crippen LogP contribution in [0.2, 0.25) is 0 Å². The van der Waals surface area contributed by atoms with E-state index in [9.17, 15) is 18.0 Å². The maximum absolute atomic E-state index is 12.2. The lowest BCUT2D eigenvalue weighted by Crippen LogP contribution is -2.26. The predicted octanol–water partition coefficient (Wildman–Crippen LogP) is 3.19. The molecule has 0 aliphatic carbocycles. The van der Waals surface area contributed by atoms with Gasteiger partial charge in [0, 0.05) is 18.3 Å². The molecule has 2 rings (SSSR count). The highest BCUT2D eigenvalue weighted by atomic mass is 19.4. The molecular formula is C17H17F3N2O2. The lowest BCUT2D eigenvalue weighted by atomic mass is 10.1. The zero-order chi connectivity index (χ0) is 17.6. The van der Waals surface area contributed by atoms with E-state index in [4.69, 9.17) is 0 Å². The summed E-state index contributed by atoms with van der Waals surface area (Å²) in [5, 5.41) is 2.67. The van der Waals surface area contributed by atoms with Gasteiger partial charge in [-0.3, -0.25) is 4.79 Å². The van der Waals surface area contributed by atoms with Gasteiger partial charge >= 0.3 is 6.18 Å². The Labute approximate surface area is 137 Å². The van der Waals surface area contributed by atoms with Crippen LogP contribution >= 0.6 is 0 Å². The molecule has 1 aromatic heterocycles. The molecule has 1 amide bonds. The number of aromatic nitrogens is 1. The van der Waals surface area contributed by atoms with Crippen molar-refractivity contribution in [1.82, 2.24) is 10.3 Å². The van der Waals surface area contributed by atoms with Gasteiger partial charge in [0.15, 0.2) is 6.61 Å². The molecule has 0 saturated carbocycles. The third-order valence-corrected chi connectivity index (χ3v) is 3.31. The summed E-state index contributed by atoms with van der Waals surface area (Å²) in [5.74, 6) is -0.360. The van der Waals surface area contributed by atoms with Crippen molar-refractivity contribution in [2.75, 3.05) is 6.61 Å². The summed E-state index contributed by atoms with van der Waals surface area (Å²) in [5.41, 5.74) is 2.29. The minimum Gasteiger partial charge on any atom is -0.468 e. The average Bonchev–Trinajstić information content (AvgIpc) is 2.53. The Bertz CT molecular complexity index is 702. The van der Waals surface area contributed by atoms with Crippen LogP contribution in [-0.4, -0.2) is 23.7 Å². The molecule has 4 nitrogen and oxygen atoms in total. The van der Waals surface area contributed by atoms with Crippen LogP contribution in [0.15, 0.2) is 42.6 Å². The number of aryl methyl sites for hydroxylation is 1. The third-order valence-electron chi connectivity index (χ3n) is 3.31. The lowest BCUT2D eigenvalue weighted by Gasteiger charge is -2.12. The van der Waals surface area contributed by atoms with Crippen molar-refractivity contribution >= 4 is 5.91 Å². The molecule has 0 bridgehead atoms. The summed E-state index contributed by atoms with van der Waals surface area (Å²) >= 11 is 0. The van der Waals surface area contributed by atoms with E-state index in [1.54, 1.807) is 12.1 Å². The predicted molar refractivity (Wildman–Crippen MR) is 82.5 cm³/mol. The number of nitrogens with zero attached hydrogens (tertiary/aromatic N) is 1. The molecule has 0 saturated heterocycles. The highest BCUT2D eigenvalue weighted by Crippen LogP contribution is 2.19. The van der Waals surface area contributed by atoms with E-state index in [2.05, 4.69) is 15.0 Å². The molecule has 24 heavy (non-hydrogen) atoms. The zero-order valence-electron chi connectivity index (χ0n) is 13.1. The number of halogens is 3. The fraction of sp³-hybridized carbons (Fsp3) is 0.294. The Balaban J connectivity index is 1.94. The zero-order valence-corrected chi connectivity index (χ0v) is 13.1. The molecule has 0 spiro atoms. The number of ether oxygens (including phenoxy) is 1. The van der Waals surface area contributed by atoms with Gasteiger partial charge in [-0.2, -0.15) is 13.2 Å². The number of hydrogen-bond donors (Lipinski definition) is 1. The fourth-order valence-corrected chi connectivity index (χ4v) is 2.08. The Morgan fingerprint density at radius 2 is 1.88 bits per heavy atom. The van der Waals surface area contributed by atoms with Gasteiger partial charge < -0.3 is 10.1 Å². The van der Waals surface area contributed by atoms with E-state index in [0.29, 0.717) is 5.56 Å². The topological polar surface area (TPSA) is 51.2 Å².